The first-order chi connectivity index (χ1) is 9.06. The quantitative estimate of drug-likeness (QED) is 0.936. The Labute approximate surface area is 116 Å². The van der Waals surface area contributed by atoms with Crippen molar-refractivity contribution >= 4 is 23.2 Å². The van der Waals surface area contributed by atoms with Crippen molar-refractivity contribution in [1.82, 2.24) is 19.9 Å². The highest BCUT2D eigenvalue weighted by Crippen LogP contribution is 2.32. The molecule has 2 aromatic rings. The van der Waals surface area contributed by atoms with Gasteiger partial charge in [-0.1, -0.05) is 11.6 Å². The van der Waals surface area contributed by atoms with Crippen LogP contribution in [0.1, 0.15) is 35.8 Å². The normalized spacial score (nSPS) is 16.6. The van der Waals surface area contributed by atoms with Crippen LogP contribution in [0.2, 0.25) is 5.15 Å². The fourth-order valence-corrected chi connectivity index (χ4v) is 2.47. The van der Waals surface area contributed by atoms with Crippen LogP contribution in [-0.2, 0) is 0 Å². The second kappa shape index (κ2) is 4.49. The van der Waals surface area contributed by atoms with Crippen LogP contribution in [0.4, 0.5) is 0 Å². The fraction of sp³-hybridized carbons (Fsp3) is 0.462. The first kappa shape index (κ1) is 12.4. The number of amides is 1. The molecule has 1 N–H and O–H groups in total. The molecule has 1 unspecified atom stereocenters. The van der Waals surface area contributed by atoms with Crippen LogP contribution in [0.25, 0.3) is 5.65 Å². The van der Waals surface area contributed by atoms with E-state index in [1.165, 1.54) is 17.4 Å². The fourth-order valence-electron chi connectivity index (χ4n) is 2.23. The molecule has 5 nitrogen and oxygen atoms in total. The Morgan fingerprint density at radius 3 is 3.00 bits per heavy atom. The average molecular weight is 279 g/mol. The van der Waals surface area contributed by atoms with Gasteiger partial charge in [-0.05, 0) is 44.2 Å². The van der Waals surface area contributed by atoms with E-state index in [9.17, 15) is 4.79 Å². The molecule has 0 aliphatic heterocycles. The molecule has 1 fully saturated rings. The largest absolute Gasteiger partial charge is 0.348 e. The predicted octanol–water partition coefficient (Wildman–Crippen LogP) is 2.22. The van der Waals surface area contributed by atoms with Gasteiger partial charge in [0.2, 0.25) is 0 Å². The Balaban J connectivity index is 1.93. The summed E-state index contributed by atoms with van der Waals surface area (Å²) in [5.41, 5.74) is 1.98. The van der Waals surface area contributed by atoms with Gasteiger partial charge >= 0.3 is 0 Å². The third-order valence-electron chi connectivity index (χ3n) is 3.54. The summed E-state index contributed by atoms with van der Waals surface area (Å²) >= 11 is 5.93. The van der Waals surface area contributed by atoms with Crippen molar-refractivity contribution in [2.75, 3.05) is 0 Å². The minimum atomic E-state index is -0.152. The number of nitrogens with one attached hydrogen (secondary N) is 1. The van der Waals surface area contributed by atoms with Crippen LogP contribution < -0.4 is 5.32 Å². The third-order valence-corrected chi connectivity index (χ3v) is 3.73. The standard InChI is InChI=1S/C13H15ClN4O/c1-7-5-11(14)17-18-10(6-15-12(7)18)13(19)16-8(2)9-3-4-9/h5-6,8-9H,3-4H2,1-2H3,(H,16,19). The molecule has 1 atom stereocenters. The number of hydrogen-bond donors (Lipinski definition) is 1. The van der Waals surface area contributed by atoms with Crippen molar-refractivity contribution in [2.45, 2.75) is 32.7 Å². The van der Waals surface area contributed by atoms with Gasteiger partial charge in [0.25, 0.3) is 5.91 Å². The molecule has 0 bridgehead atoms. The van der Waals surface area contributed by atoms with Gasteiger partial charge in [-0.2, -0.15) is 5.10 Å². The molecule has 0 spiro atoms. The molecule has 3 rings (SSSR count). The number of halogens is 1. The summed E-state index contributed by atoms with van der Waals surface area (Å²) in [6.07, 6.45) is 3.93. The molecule has 1 aliphatic rings. The lowest BCUT2D eigenvalue weighted by molar-refractivity contribution is 0.0928. The van der Waals surface area contributed by atoms with Crippen molar-refractivity contribution in [3.8, 4) is 0 Å². The molecule has 0 saturated heterocycles. The molecule has 1 saturated carbocycles. The number of fused-ring (bicyclic) bond motifs is 1. The van der Waals surface area contributed by atoms with E-state index in [0.29, 0.717) is 22.4 Å². The van der Waals surface area contributed by atoms with E-state index in [4.69, 9.17) is 11.6 Å². The summed E-state index contributed by atoms with van der Waals surface area (Å²) in [7, 11) is 0. The molecule has 19 heavy (non-hydrogen) atoms. The van der Waals surface area contributed by atoms with E-state index in [2.05, 4.69) is 15.4 Å². The van der Waals surface area contributed by atoms with Crippen LogP contribution in [-0.4, -0.2) is 26.5 Å². The van der Waals surface area contributed by atoms with Crippen LogP contribution in [0.5, 0.6) is 0 Å². The number of aromatic nitrogens is 3. The van der Waals surface area contributed by atoms with E-state index in [0.717, 1.165) is 5.56 Å². The average Bonchev–Trinajstić information content (AvgIpc) is 3.09. The Kier molecular flexibility index (Phi) is 2.93. The van der Waals surface area contributed by atoms with Crippen molar-refractivity contribution in [1.29, 1.82) is 0 Å². The van der Waals surface area contributed by atoms with Crippen LogP contribution in [0.15, 0.2) is 12.3 Å². The Hall–Kier alpha value is -1.62. The predicted molar refractivity (Wildman–Crippen MR) is 72.4 cm³/mol. The number of carbonyl (C=O) groups excluding carboxylic acids is 1. The first-order valence-electron chi connectivity index (χ1n) is 6.38. The van der Waals surface area contributed by atoms with Gasteiger partial charge in [0.15, 0.2) is 11.3 Å². The van der Waals surface area contributed by atoms with E-state index in [-0.39, 0.29) is 11.9 Å². The van der Waals surface area contributed by atoms with Gasteiger partial charge in [-0.25, -0.2) is 9.50 Å². The van der Waals surface area contributed by atoms with Gasteiger partial charge in [0.05, 0.1) is 6.20 Å². The van der Waals surface area contributed by atoms with E-state index < -0.39 is 0 Å². The number of aryl methyl sites for hydroxylation is 1. The van der Waals surface area contributed by atoms with Crippen molar-refractivity contribution in [2.24, 2.45) is 5.92 Å². The zero-order valence-corrected chi connectivity index (χ0v) is 11.6. The minimum Gasteiger partial charge on any atom is -0.348 e. The number of carbonyl (C=O) groups is 1. The third kappa shape index (κ3) is 2.30. The maximum atomic E-state index is 12.2. The zero-order valence-electron chi connectivity index (χ0n) is 10.9. The molecular weight excluding hydrogens is 264 g/mol. The van der Waals surface area contributed by atoms with E-state index in [1.807, 2.05) is 13.8 Å². The highest BCUT2D eigenvalue weighted by atomic mass is 35.5. The molecule has 1 aliphatic carbocycles. The monoisotopic (exact) mass is 278 g/mol. The van der Waals surface area contributed by atoms with Gasteiger partial charge in [0, 0.05) is 6.04 Å². The van der Waals surface area contributed by atoms with Crippen LogP contribution in [0.3, 0.4) is 0 Å². The van der Waals surface area contributed by atoms with Crippen molar-refractivity contribution in [3.63, 3.8) is 0 Å². The number of rotatable bonds is 3. The molecular formula is C13H15ClN4O. The minimum absolute atomic E-state index is 0.152. The smallest absolute Gasteiger partial charge is 0.271 e. The van der Waals surface area contributed by atoms with E-state index in [1.54, 1.807) is 12.3 Å². The topological polar surface area (TPSA) is 59.3 Å². The summed E-state index contributed by atoms with van der Waals surface area (Å²) in [6.45, 7) is 3.93. The lowest BCUT2D eigenvalue weighted by Crippen LogP contribution is -2.34. The van der Waals surface area contributed by atoms with Crippen LogP contribution in [0, 0.1) is 12.8 Å². The molecule has 2 heterocycles. The molecule has 100 valence electrons. The highest BCUT2D eigenvalue weighted by molar-refractivity contribution is 6.29. The number of hydrogen-bond acceptors (Lipinski definition) is 3. The van der Waals surface area contributed by atoms with Crippen LogP contribution >= 0.6 is 11.6 Å². The summed E-state index contributed by atoms with van der Waals surface area (Å²) < 4.78 is 1.51. The second-order valence-electron chi connectivity index (χ2n) is 5.13. The van der Waals surface area contributed by atoms with E-state index >= 15 is 0 Å². The highest BCUT2D eigenvalue weighted by Gasteiger charge is 2.29. The lowest BCUT2D eigenvalue weighted by Gasteiger charge is -2.12. The first-order valence-corrected chi connectivity index (χ1v) is 6.76. The lowest BCUT2D eigenvalue weighted by atomic mass is 10.2. The molecule has 1 amide bonds. The van der Waals surface area contributed by atoms with Crippen molar-refractivity contribution in [3.05, 3.63) is 28.7 Å². The number of imidazole rings is 1. The summed E-state index contributed by atoms with van der Waals surface area (Å²) in [4.78, 5) is 16.5. The molecule has 2 aromatic heterocycles. The molecule has 0 radical (unpaired) electrons. The summed E-state index contributed by atoms with van der Waals surface area (Å²) in [5, 5.41) is 7.49. The van der Waals surface area contributed by atoms with Gasteiger partial charge in [-0.3, -0.25) is 4.79 Å². The number of nitrogens with zero attached hydrogens (tertiary/aromatic N) is 3. The second-order valence-corrected chi connectivity index (χ2v) is 5.52. The Morgan fingerprint density at radius 1 is 1.58 bits per heavy atom. The van der Waals surface area contributed by atoms with Gasteiger partial charge < -0.3 is 5.32 Å². The molecule has 6 heteroatoms. The maximum Gasteiger partial charge on any atom is 0.271 e. The van der Waals surface area contributed by atoms with Gasteiger partial charge in [0.1, 0.15) is 5.15 Å². The van der Waals surface area contributed by atoms with Gasteiger partial charge in [-0.15, -0.1) is 0 Å². The Bertz CT molecular complexity index is 647. The molecule has 0 aromatic carbocycles. The summed E-state index contributed by atoms with van der Waals surface area (Å²) in [5.74, 6) is 0.461. The van der Waals surface area contributed by atoms with Crippen molar-refractivity contribution < 1.29 is 4.79 Å². The zero-order chi connectivity index (χ0) is 13.6. The summed E-state index contributed by atoms with van der Waals surface area (Å²) in [6, 6.07) is 1.93. The maximum absolute atomic E-state index is 12.2. The SMILES string of the molecule is Cc1cc(Cl)nn2c(C(=O)NC(C)C3CC3)cnc12. The Morgan fingerprint density at radius 2 is 2.32 bits per heavy atom.